The number of likely N-dealkylation sites (tertiary alicyclic amines) is 1. The lowest BCUT2D eigenvalue weighted by Crippen LogP contribution is -2.35. The smallest absolute Gasteiger partial charge is 0.0270 e. The number of rotatable bonds is 6. The standard InChI is InChI=1S/C16H26N2.C2H6/c1-2-3-4-15-7-12-18(13-8-15)14-9-16-5-10-17-11-6-16;1-2/h5-6,10-11,15H,2-4,7-9,12-14H2,1H3;1-2H3. The van der Waals surface area contributed by atoms with Crippen molar-refractivity contribution in [2.75, 3.05) is 19.6 Å². The van der Waals surface area contributed by atoms with Crippen LogP contribution in [0.1, 0.15) is 58.4 Å². The van der Waals surface area contributed by atoms with E-state index in [0.717, 1.165) is 5.92 Å². The van der Waals surface area contributed by atoms with Gasteiger partial charge in [-0.25, -0.2) is 0 Å². The number of pyridine rings is 1. The average Bonchev–Trinajstić information content (AvgIpc) is 2.55. The number of piperidine rings is 1. The highest BCUT2D eigenvalue weighted by atomic mass is 15.1. The second-order valence-corrected chi connectivity index (χ2v) is 5.53. The molecule has 0 radical (unpaired) electrons. The van der Waals surface area contributed by atoms with E-state index >= 15 is 0 Å². The molecule has 0 spiro atoms. The molecule has 0 N–H and O–H groups in total. The van der Waals surface area contributed by atoms with Gasteiger partial charge in [-0.1, -0.05) is 40.0 Å². The van der Waals surface area contributed by atoms with Crippen LogP contribution >= 0.6 is 0 Å². The van der Waals surface area contributed by atoms with Crippen LogP contribution in [0.25, 0.3) is 0 Å². The van der Waals surface area contributed by atoms with Crippen molar-refractivity contribution in [2.24, 2.45) is 5.92 Å². The molecule has 1 aliphatic heterocycles. The van der Waals surface area contributed by atoms with E-state index in [2.05, 4.69) is 28.9 Å². The highest BCUT2D eigenvalue weighted by molar-refractivity contribution is 5.09. The maximum atomic E-state index is 4.07. The summed E-state index contributed by atoms with van der Waals surface area (Å²) in [5, 5.41) is 0. The molecule has 20 heavy (non-hydrogen) atoms. The SMILES string of the molecule is CC.CCCCC1CCN(CCc2ccncc2)CC1. The average molecular weight is 276 g/mol. The Morgan fingerprint density at radius 3 is 2.40 bits per heavy atom. The van der Waals surface area contributed by atoms with Gasteiger partial charge in [0.1, 0.15) is 0 Å². The first kappa shape index (κ1) is 17.2. The van der Waals surface area contributed by atoms with Gasteiger partial charge in [-0.05, 0) is 56.0 Å². The minimum atomic E-state index is 1.00. The Balaban J connectivity index is 0.000000956. The molecule has 114 valence electrons. The highest BCUT2D eigenvalue weighted by Crippen LogP contribution is 2.22. The summed E-state index contributed by atoms with van der Waals surface area (Å²) in [6.45, 7) is 10.1. The van der Waals surface area contributed by atoms with Crippen LogP contribution in [0.3, 0.4) is 0 Å². The maximum Gasteiger partial charge on any atom is 0.0270 e. The number of hydrogen-bond acceptors (Lipinski definition) is 2. The Bertz CT molecular complexity index is 315. The van der Waals surface area contributed by atoms with Crippen molar-refractivity contribution in [2.45, 2.75) is 59.3 Å². The van der Waals surface area contributed by atoms with Gasteiger partial charge in [0.15, 0.2) is 0 Å². The van der Waals surface area contributed by atoms with E-state index in [1.54, 1.807) is 0 Å². The van der Waals surface area contributed by atoms with E-state index in [-0.39, 0.29) is 0 Å². The predicted octanol–water partition coefficient (Wildman–Crippen LogP) is 4.55. The summed E-state index contributed by atoms with van der Waals surface area (Å²) in [7, 11) is 0. The summed E-state index contributed by atoms with van der Waals surface area (Å²) < 4.78 is 0. The molecular weight excluding hydrogens is 244 g/mol. The molecule has 2 nitrogen and oxygen atoms in total. The molecule has 1 aromatic heterocycles. The lowest BCUT2D eigenvalue weighted by Gasteiger charge is -2.32. The normalized spacial score (nSPS) is 16.6. The molecule has 0 amide bonds. The number of aromatic nitrogens is 1. The van der Waals surface area contributed by atoms with Crippen molar-refractivity contribution in [1.29, 1.82) is 0 Å². The van der Waals surface area contributed by atoms with Gasteiger partial charge in [0.05, 0.1) is 0 Å². The van der Waals surface area contributed by atoms with E-state index in [4.69, 9.17) is 0 Å². The fourth-order valence-corrected chi connectivity index (χ4v) is 2.83. The van der Waals surface area contributed by atoms with Crippen molar-refractivity contribution >= 4 is 0 Å². The molecule has 1 saturated heterocycles. The molecule has 1 aliphatic rings. The van der Waals surface area contributed by atoms with Crippen LogP contribution in [0.5, 0.6) is 0 Å². The third kappa shape index (κ3) is 6.51. The maximum absolute atomic E-state index is 4.07. The zero-order valence-electron chi connectivity index (χ0n) is 13.6. The molecule has 0 atom stereocenters. The summed E-state index contributed by atoms with van der Waals surface area (Å²) in [6.07, 6.45) is 12.0. The van der Waals surface area contributed by atoms with Crippen LogP contribution in [-0.2, 0) is 6.42 Å². The van der Waals surface area contributed by atoms with Gasteiger partial charge in [0, 0.05) is 18.9 Å². The van der Waals surface area contributed by atoms with Gasteiger partial charge in [0.25, 0.3) is 0 Å². The van der Waals surface area contributed by atoms with Gasteiger partial charge in [-0.2, -0.15) is 0 Å². The van der Waals surface area contributed by atoms with Gasteiger partial charge < -0.3 is 4.90 Å². The topological polar surface area (TPSA) is 16.1 Å². The van der Waals surface area contributed by atoms with Crippen LogP contribution < -0.4 is 0 Å². The van der Waals surface area contributed by atoms with E-state index < -0.39 is 0 Å². The van der Waals surface area contributed by atoms with Crippen LogP contribution in [0.2, 0.25) is 0 Å². The van der Waals surface area contributed by atoms with Crippen LogP contribution in [0.4, 0.5) is 0 Å². The first-order valence-electron chi connectivity index (χ1n) is 8.49. The fourth-order valence-electron chi connectivity index (χ4n) is 2.83. The first-order valence-corrected chi connectivity index (χ1v) is 8.49. The minimum absolute atomic E-state index is 1.00. The third-order valence-corrected chi connectivity index (χ3v) is 4.14. The number of unbranched alkanes of at least 4 members (excludes halogenated alkanes) is 1. The zero-order chi connectivity index (χ0) is 14.6. The predicted molar refractivity (Wildman–Crippen MR) is 88.0 cm³/mol. The van der Waals surface area contributed by atoms with Crippen molar-refractivity contribution < 1.29 is 0 Å². The summed E-state index contributed by atoms with van der Waals surface area (Å²) >= 11 is 0. The van der Waals surface area contributed by atoms with E-state index in [0.29, 0.717) is 0 Å². The van der Waals surface area contributed by atoms with Gasteiger partial charge >= 0.3 is 0 Å². The molecule has 0 bridgehead atoms. The lowest BCUT2D eigenvalue weighted by atomic mass is 9.91. The largest absolute Gasteiger partial charge is 0.303 e. The minimum Gasteiger partial charge on any atom is -0.303 e. The summed E-state index contributed by atoms with van der Waals surface area (Å²) in [5.74, 6) is 1.00. The second-order valence-electron chi connectivity index (χ2n) is 5.53. The Morgan fingerprint density at radius 2 is 1.80 bits per heavy atom. The molecule has 0 unspecified atom stereocenters. The number of hydrogen-bond donors (Lipinski definition) is 0. The van der Waals surface area contributed by atoms with Crippen molar-refractivity contribution in [1.82, 2.24) is 9.88 Å². The van der Waals surface area contributed by atoms with Crippen molar-refractivity contribution in [3.8, 4) is 0 Å². The molecule has 0 saturated carbocycles. The van der Waals surface area contributed by atoms with Crippen molar-refractivity contribution in [3.63, 3.8) is 0 Å². The highest BCUT2D eigenvalue weighted by Gasteiger charge is 2.18. The Kier molecular flexibility index (Phi) is 9.31. The first-order chi connectivity index (χ1) is 9.88. The van der Waals surface area contributed by atoms with Gasteiger partial charge in [-0.15, -0.1) is 0 Å². The monoisotopic (exact) mass is 276 g/mol. The lowest BCUT2D eigenvalue weighted by molar-refractivity contribution is 0.179. The molecule has 0 aromatic carbocycles. The number of nitrogens with zero attached hydrogens (tertiary/aromatic N) is 2. The molecule has 2 heteroatoms. The molecule has 1 aromatic rings. The molecule has 0 aliphatic carbocycles. The van der Waals surface area contributed by atoms with E-state index in [1.165, 1.54) is 63.7 Å². The fraction of sp³-hybridized carbons (Fsp3) is 0.722. The third-order valence-electron chi connectivity index (χ3n) is 4.14. The summed E-state index contributed by atoms with van der Waals surface area (Å²) in [6, 6.07) is 4.27. The second kappa shape index (κ2) is 10.8. The van der Waals surface area contributed by atoms with Crippen LogP contribution in [0.15, 0.2) is 24.5 Å². The van der Waals surface area contributed by atoms with Crippen molar-refractivity contribution in [3.05, 3.63) is 30.1 Å². The summed E-state index contributed by atoms with van der Waals surface area (Å²) in [4.78, 5) is 6.69. The molecular formula is C18H32N2. The Morgan fingerprint density at radius 1 is 1.15 bits per heavy atom. The quantitative estimate of drug-likeness (QED) is 0.757. The Labute approximate surface area is 125 Å². The summed E-state index contributed by atoms with van der Waals surface area (Å²) in [5.41, 5.74) is 1.41. The Hall–Kier alpha value is -0.890. The van der Waals surface area contributed by atoms with E-state index in [9.17, 15) is 0 Å². The van der Waals surface area contributed by atoms with Crippen LogP contribution in [-0.4, -0.2) is 29.5 Å². The van der Waals surface area contributed by atoms with Crippen LogP contribution in [0, 0.1) is 5.92 Å². The van der Waals surface area contributed by atoms with Gasteiger partial charge in [0.2, 0.25) is 0 Å². The molecule has 2 rings (SSSR count). The van der Waals surface area contributed by atoms with Gasteiger partial charge in [-0.3, -0.25) is 4.98 Å². The molecule has 2 heterocycles. The zero-order valence-corrected chi connectivity index (χ0v) is 13.6. The van der Waals surface area contributed by atoms with E-state index in [1.807, 2.05) is 26.2 Å². The molecule has 1 fully saturated rings.